The van der Waals surface area contributed by atoms with Crippen LogP contribution in [0.15, 0.2) is 132 Å². The van der Waals surface area contributed by atoms with Crippen LogP contribution in [0.2, 0.25) is 23.7 Å². The fourth-order valence-electron chi connectivity index (χ4n) is 9.40. The molecule has 2 aliphatic rings. The third-order valence-electron chi connectivity index (χ3n) is 12.3. The molecule has 0 unspecified atom stereocenters. The zero-order chi connectivity index (χ0) is 41.5. The van der Waals surface area contributed by atoms with Gasteiger partial charge in [-0.3, -0.25) is 14.4 Å². The van der Waals surface area contributed by atoms with Crippen LogP contribution in [0.4, 0.5) is 5.69 Å². The summed E-state index contributed by atoms with van der Waals surface area (Å²) in [5.41, 5.74) is 1.79. The lowest BCUT2D eigenvalue weighted by Gasteiger charge is -2.37. The summed E-state index contributed by atoms with van der Waals surface area (Å²) in [4.78, 5) is 46.8. The van der Waals surface area contributed by atoms with Crippen molar-refractivity contribution in [1.82, 2.24) is 14.7 Å². The molecule has 0 bridgehead atoms. The van der Waals surface area contributed by atoms with Crippen LogP contribution in [-0.2, 0) is 33.0 Å². The molecule has 3 heterocycles. The van der Waals surface area contributed by atoms with E-state index < -0.39 is 19.8 Å². The molecule has 0 saturated carbocycles. The minimum absolute atomic E-state index is 0.0227. The van der Waals surface area contributed by atoms with Crippen LogP contribution < -0.4 is 20.4 Å². The maximum Gasteiger partial charge on any atom is 0.279 e. The molecule has 302 valence electrons. The summed E-state index contributed by atoms with van der Waals surface area (Å²) in [6, 6.07) is 38.1. The van der Waals surface area contributed by atoms with Gasteiger partial charge >= 0.3 is 0 Å². The van der Waals surface area contributed by atoms with Gasteiger partial charge in [0.1, 0.15) is 5.75 Å². The molecular formula is C47H47ClN4O6Si. The summed E-state index contributed by atoms with van der Waals surface area (Å²) in [6.07, 6.45) is 1.06. The average molecular weight is 827 g/mol. The van der Waals surface area contributed by atoms with E-state index in [0.29, 0.717) is 33.9 Å². The second kappa shape index (κ2) is 16.2. The maximum atomic E-state index is 15.4. The topological polar surface area (TPSA) is 114 Å². The van der Waals surface area contributed by atoms with E-state index in [1.165, 1.54) is 4.68 Å². The molecule has 1 saturated heterocycles. The van der Waals surface area contributed by atoms with Crippen molar-refractivity contribution in [3.8, 4) is 11.4 Å². The van der Waals surface area contributed by atoms with E-state index in [1.54, 1.807) is 35.2 Å². The molecule has 0 aliphatic carbocycles. The van der Waals surface area contributed by atoms with Crippen molar-refractivity contribution < 1.29 is 24.2 Å². The summed E-state index contributed by atoms with van der Waals surface area (Å²) in [5.74, 6) is -0.0197. The number of aliphatic hydroxyl groups excluding tert-OH is 1. The first-order valence-electron chi connectivity index (χ1n) is 19.9. The number of carbonyl (C=O) groups excluding carboxylic acids is 2. The van der Waals surface area contributed by atoms with E-state index in [-0.39, 0.29) is 54.9 Å². The van der Waals surface area contributed by atoms with Crippen molar-refractivity contribution in [3.63, 3.8) is 0 Å². The quantitative estimate of drug-likeness (QED) is 0.130. The summed E-state index contributed by atoms with van der Waals surface area (Å²) in [6.45, 7) is 7.12. The number of ether oxygens (including phenoxy) is 2. The van der Waals surface area contributed by atoms with Crippen LogP contribution in [-0.4, -0.2) is 66.0 Å². The van der Waals surface area contributed by atoms with Gasteiger partial charge in [-0.15, -0.1) is 0 Å². The summed E-state index contributed by atoms with van der Waals surface area (Å²) < 4.78 is 14.1. The van der Waals surface area contributed by atoms with Crippen molar-refractivity contribution in [2.45, 2.75) is 56.8 Å². The summed E-state index contributed by atoms with van der Waals surface area (Å²) in [7, 11) is -0.931. The zero-order valence-corrected chi connectivity index (χ0v) is 35.3. The Balaban J connectivity index is 1.18. The Morgan fingerprint density at radius 1 is 0.932 bits per heavy atom. The first kappa shape index (κ1) is 40.2. The first-order chi connectivity index (χ1) is 28.5. The number of nitrogens with zero attached hydrogens (tertiary/aromatic N) is 4. The minimum atomic E-state index is -2.57. The minimum Gasteiger partial charge on any atom is -0.497 e. The lowest BCUT2D eigenvalue weighted by atomic mass is 9.82. The first-order valence-corrected chi connectivity index (χ1v) is 23.3. The molecule has 0 radical (unpaired) electrons. The molecule has 4 atom stereocenters. The number of hydrogen-bond acceptors (Lipinski definition) is 7. The van der Waals surface area contributed by atoms with Crippen molar-refractivity contribution in [1.29, 1.82) is 0 Å². The number of amides is 2. The van der Waals surface area contributed by atoms with Gasteiger partial charge in [0.2, 0.25) is 5.91 Å². The number of benzene rings is 5. The Kier molecular flexibility index (Phi) is 11.1. The van der Waals surface area contributed by atoms with Crippen LogP contribution in [0.1, 0.15) is 30.0 Å². The molecule has 6 aromatic rings. The van der Waals surface area contributed by atoms with Gasteiger partial charge < -0.3 is 24.4 Å². The maximum absolute atomic E-state index is 15.4. The molecular weight excluding hydrogens is 780 g/mol. The standard InChI is InChI=1S/C47H47ClN4O6Si/c1-31-44(59(3,4)38-20-18-37(57-2)19-21-38)42(27-43(54)50(23-24-53)29-32-11-6-5-7-12-32)58-47(31)40-26-35(48)17-22-41(40)51(46(47)56)30-33-13-10-15-36(25-33)52-45(55)39-16-9-8-14-34(39)28-49-52/h5-22,25-26,28,31,42,44,53H,23-24,27,29-30H2,1-4H3/t31-,42+,44-,47+/m1/s1. The Hall–Kier alpha value is -5.59. The number of fused-ring (bicyclic) bond motifs is 3. The highest BCUT2D eigenvalue weighted by atomic mass is 35.5. The fourth-order valence-corrected chi connectivity index (χ4v) is 13.6. The van der Waals surface area contributed by atoms with Crippen molar-refractivity contribution >= 4 is 53.1 Å². The number of aliphatic hydroxyl groups is 1. The second-order valence-corrected chi connectivity index (χ2v) is 21.2. The van der Waals surface area contributed by atoms with Gasteiger partial charge in [-0.25, -0.2) is 0 Å². The Labute approximate surface area is 349 Å². The fraction of sp³-hybridized carbons (Fsp3) is 0.277. The van der Waals surface area contributed by atoms with Crippen LogP contribution >= 0.6 is 11.6 Å². The molecule has 8 rings (SSSR count). The largest absolute Gasteiger partial charge is 0.497 e. The molecule has 10 nitrogen and oxygen atoms in total. The lowest BCUT2D eigenvalue weighted by Crippen LogP contribution is -2.52. The van der Waals surface area contributed by atoms with Crippen molar-refractivity contribution in [2.75, 3.05) is 25.2 Å². The van der Waals surface area contributed by atoms with Crippen LogP contribution in [0.3, 0.4) is 0 Å². The molecule has 1 N–H and O–H groups in total. The Bertz CT molecular complexity index is 2580. The highest BCUT2D eigenvalue weighted by Gasteiger charge is 2.66. The third kappa shape index (κ3) is 7.26. The van der Waals surface area contributed by atoms with Crippen LogP contribution in [0, 0.1) is 5.92 Å². The Morgan fingerprint density at radius 2 is 1.66 bits per heavy atom. The van der Waals surface area contributed by atoms with Crippen LogP contribution in [0.5, 0.6) is 5.75 Å². The molecule has 1 spiro atoms. The van der Waals surface area contributed by atoms with Gasteiger partial charge in [0, 0.05) is 35.0 Å². The number of aromatic nitrogens is 2. The monoisotopic (exact) mass is 826 g/mol. The molecule has 5 aromatic carbocycles. The molecule has 59 heavy (non-hydrogen) atoms. The highest BCUT2D eigenvalue weighted by molar-refractivity contribution is 6.91. The number of hydrogen-bond donors (Lipinski definition) is 1. The van der Waals surface area contributed by atoms with Gasteiger partial charge in [-0.1, -0.05) is 110 Å². The highest BCUT2D eigenvalue weighted by Crippen LogP contribution is 2.60. The van der Waals surface area contributed by atoms with Crippen molar-refractivity contribution in [3.05, 3.63) is 160 Å². The Morgan fingerprint density at radius 3 is 2.41 bits per heavy atom. The van der Waals surface area contributed by atoms with Crippen molar-refractivity contribution in [2.24, 2.45) is 5.92 Å². The second-order valence-electron chi connectivity index (χ2n) is 16.1. The number of methoxy groups -OCH3 is 1. The molecule has 12 heteroatoms. The number of rotatable bonds is 12. The summed E-state index contributed by atoms with van der Waals surface area (Å²) >= 11 is 6.75. The average Bonchev–Trinajstić information content (AvgIpc) is 3.66. The normalized spacial score (nSPS) is 20.0. The molecule has 1 aromatic heterocycles. The number of carbonyl (C=O) groups is 2. The zero-order valence-electron chi connectivity index (χ0n) is 33.5. The van der Waals surface area contributed by atoms with Gasteiger partial charge in [0.25, 0.3) is 11.5 Å². The van der Waals surface area contributed by atoms with E-state index in [0.717, 1.165) is 27.4 Å². The van der Waals surface area contributed by atoms with E-state index in [1.807, 2.05) is 97.1 Å². The van der Waals surface area contributed by atoms with E-state index >= 15 is 4.79 Å². The summed E-state index contributed by atoms with van der Waals surface area (Å²) in [5, 5.41) is 17.5. The lowest BCUT2D eigenvalue weighted by molar-refractivity contribution is -0.150. The predicted molar refractivity (Wildman–Crippen MR) is 233 cm³/mol. The van der Waals surface area contributed by atoms with E-state index in [4.69, 9.17) is 21.1 Å². The van der Waals surface area contributed by atoms with Gasteiger partial charge in [0.05, 0.1) is 63.8 Å². The number of halogens is 1. The molecule has 2 aliphatic heterocycles. The molecule has 1 fully saturated rings. The third-order valence-corrected chi connectivity index (χ3v) is 16.9. The SMILES string of the molecule is COc1ccc([Si](C)(C)[C@H]2[C@H](CC(=O)N(CCO)Cc3ccccc3)O[C@@]3(C(=O)N(Cc4cccc(-n5ncc6ccccc6c5=O)c4)c4ccc(Cl)cc43)[C@@H]2C)cc1. The van der Waals surface area contributed by atoms with Gasteiger partial charge in [-0.05, 0) is 65.2 Å². The molecule has 2 amide bonds. The van der Waals surface area contributed by atoms with Gasteiger partial charge in [-0.2, -0.15) is 9.78 Å². The number of anilines is 1. The van der Waals surface area contributed by atoms with E-state index in [9.17, 15) is 14.7 Å². The van der Waals surface area contributed by atoms with Crippen LogP contribution in [0.25, 0.3) is 16.5 Å². The van der Waals surface area contributed by atoms with Gasteiger partial charge in [0.15, 0.2) is 5.60 Å². The smallest absolute Gasteiger partial charge is 0.279 e. The predicted octanol–water partition coefficient (Wildman–Crippen LogP) is 7.22. The van der Waals surface area contributed by atoms with E-state index in [2.05, 4.69) is 37.2 Å².